The van der Waals surface area contributed by atoms with Gasteiger partial charge in [-0.05, 0) is 31.9 Å². The molecule has 0 aromatic heterocycles. The van der Waals surface area contributed by atoms with Crippen LogP contribution < -0.4 is 4.72 Å². The van der Waals surface area contributed by atoms with Crippen LogP contribution in [0.25, 0.3) is 0 Å². The molecule has 0 amide bonds. The molecule has 1 aliphatic carbocycles. The Hall–Kier alpha value is -1.24. The highest BCUT2D eigenvalue weighted by Gasteiger charge is 2.30. The van der Waals surface area contributed by atoms with Gasteiger partial charge in [-0.2, -0.15) is 0 Å². The molecule has 1 saturated carbocycles. The van der Waals surface area contributed by atoms with E-state index in [9.17, 15) is 13.2 Å². The number of rotatable bonds is 6. The summed E-state index contributed by atoms with van der Waals surface area (Å²) in [5.74, 6) is 0.204. The fourth-order valence-electron chi connectivity index (χ4n) is 1.75. The highest BCUT2D eigenvalue weighted by Crippen LogP contribution is 2.32. The summed E-state index contributed by atoms with van der Waals surface area (Å²) in [6, 6.07) is 5.37. The van der Waals surface area contributed by atoms with E-state index in [0.29, 0.717) is 5.56 Å². The third-order valence-electron chi connectivity index (χ3n) is 3.03. The van der Waals surface area contributed by atoms with Gasteiger partial charge in [0, 0.05) is 17.5 Å². The van der Waals surface area contributed by atoms with Gasteiger partial charge in [-0.3, -0.25) is 4.79 Å². The van der Waals surface area contributed by atoms with Gasteiger partial charge in [0.25, 0.3) is 0 Å². The maximum absolute atomic E-state index is 11.9. The molecule has 5 nitrogen and oxygen atoms in total. The van der Waals surface area contributed by atoms with Crippen molar-refractivity contribution >= 4 is 15.8 Å². The number of sulfonamides is 1. The molecule has 0 heterocycles. The zero-order valence-corrected chi connectivity index (χ0v) is 11.5. The Morgan fingerprint density at radius 3 is 2.42 bits per heavy atom. The number of hydrogen-bond acceptors (Lipinski definition) is 4. The number of aliphatic hydroxyl groups excluding tert-OH is 1. The molecule has 2 N–H and O–H groups in total. The van der Waals surface area contributed by atoms with E-state index in [1.807, 2.05) is 0 Å². The molecule has 0 radical (unpaired) electrons. The summed E-state index contributed by atoms with van der Waals surface area (Å²) in [6.07, 6.45) is 1.85. The fourth-order valence-corrected chi connectivity index (χ4v) is 2.98. The van der Waals surface area contributed by atoms with Crippen molar-refractivity contribution in [2.75, 3.05) is 6.61 Å². The van der Waals surface area contributed by atoms with Crippen molar-refractivity contribution in [3.63, 3.8) is 0 Å². The van der Waals surface area contributed by atoms with E-state index in [4.69, 9.17) is 5.11 Å². The van der Waals surface area contributed by atoms with Gasteiger partial charge in [-0.1, -0.05) is 12.1 Å². The van der Waals surface area contributed by atoms with Crippen LogP contribution in [0.5, 0.6) is 0 Å². The van der Waals surface area contributed by atoms with Crippen molar-refractivity contribution < 1.29 is 18.3 Å². The van der Waals surface area contributed by atoms with Gasteiger partial charge in [0.15, 0.2) is 5.78 Å². The van der Waals surface area contributed by atoms with Crippen molar-refractivity contribution in [2.45, 2.75) is 30.7 Å². The molecule has 0 saturated heterocycles. The van der Waals surface area contributed by atoms with Gasteiger partial charge >= 0.3 is 0 Å². The Morgan fingerprint density at radius 1 is 1.37 bits per heavy atom. The second-order valence-electron chi connectivity index (χ2n) is 4.87. The highest BCUT2D eigenvalue weighted by atomic mass is 32.2. The van der Waals surface area contributed by atoms with Crippen LogP contribution in [0.2, 0.25) is 0 Å². The van der Waals surface area contributed by atoms with E-state index in [1.165, 1.54) is 12.1 Å². The molecule has 0 aliphatic heterocycles. The lowest BCUT2D eigenvalue weighted by atomic mass is 10.1. The van der Waals surface area contributed by atoms with Crippen molar-refractivity contribution in [1.29, 1.82) is 0 Å². The maximum atomic E-state index is 11.9. The SMILES string of the molecule is CC(CO)NS(=O)(=O)c1ccc(C(=O)C2CC2)cc1. The topological polar surface area (TPSA) is 83.5 Å². The number of Topliss-reactive ketones (excluding diaryl/α,β-unsaturated/α-hetero) is 1. The first-order valence-corrected chi connectivity index (χ1v) is 7.70. The van der Waals surface area contributed by atoms with E-state index in [2.05, 4.69) is 4.72 Å². The molecule has 1 aromatic carbocycles. The Labute approximate surface area is 112 Å². The Kier molecular flexibility index (Phi) is 4.03. The molecule has 1 atom stereocenters. The van der Waals surface area contributed by atoms with Crippen molar-refractivity contribution in [3.05, 3.63) is 29.8 Å². The molecule has 0 spiro atoms. The predicted octanol–water partition coefficient (Wildman–Crippen LogP) is 0.938. The molecule has 1 aromatic rings. The molecule has 1 fully saturated rings. The monoisotopic (exact) mass is 283 g/mol. The summed E-state index contributed by atoms with van der Waals surface area (Å²) in [4.78, 5) is 11.9. The molecule has 1 unspecified atom stereocenters. The second kappa shape index (κ2) is 5.40. The van der Waals surface area contributed by atoms with Crippen LogP contribution in [0, 0.1) is 5.92 Å². The number of carbonyl (C=O) groups is 1. The van der Waals surface area contributed by atoms with E-state index in [1.54, 1.807) is 19.1 Å². The summed E-state index contributed by atoms with van der Waals surface area (Å²) in [5.41, 5.74) is 0.552. The lowest BCUT2D eigenvalue weighted by molar-refractivity contribution is 0.0967. The van der Waals surface area contributed by atoms with Crippen molar-refractivity contribution in [2.24, 2.45) is 5.92 Å². The van der Waals surface area contributed by atoms with Gasteiger partial charge in [-0.15, -0.1) is 0 Å². The largest absolute Gasteiger partial charge is 0.395 e. The minimum Gasteiger partial charge on any atom is -0.395 e. The first-order chi connectivity index (χ1) is 8.94. The minimum absolute atomic E-state index is 0.0839. The standard InChI is InChI=1S/C13H17NO4S/c1-9(8-15)14-19(17,18)12-6-4-11(5-7-12)13(16)10-2-3-10/h4-7,9-10,14-15H,2-3,8H2,1H3. The number of aliphatic hydroxyl groups is 1. The van der Waals surface area contributed by atoms with Crippen LogP contribution in [0.15, 0.2) is 29.2 Å². The number of benzene rings is 1. The summed E-state index contributed by atoms with van der Waals surface area (Å²) >= 11 is 0. The van der Waals surface area contributed by atoms with Crippen molar-refractivity contribution in [1.82, 2.24) is 4.72 Å². The first-order valence-electron chi connectivity index (χ1n) is 6.21. The zero-order chi connectivity index (χ0) is 14.0. The average Bonchev–Trinajstić information content (AvgIpc) is 3.21. The Bertz CT molecular complexity index is 561. The van der Waals surface area contributed by atoms with E-state index < -0.39 is 16.1 Å². The number of hydrogen-bond donors (Lipinski definition) is 2. The van der Waals surface area contributed by atoms with Crippen LogP contribution in [-0.4, -0.2) is 32.0 Å². The molecule has 0 bridgehead atoms. The number of nitrogens with one attached hydrogen (secondary N) is 1. The summed E-state index contributed by atoms with van der Waals surface area (Å²) < 4.78 is 26.2. The molecule has 2 rings (SSSR count). The van der Waals surface area contributed by atoms with Crippen LogP contribution >= 0.6 is 0 Å². The third-order valence-corrected chi connectivity index (χ3v) is 4.63. The molecular formula is C13H17NO4S. The maximum Gasteiger partial charge on any atom is 0.240 e. The van der Waals surface area contributed by atoms with Gasteiger partial charge in [0.1, 0.15) is 0 Å². The van der Waals surface area contributed by atoms with Crippen LogP contribution in [0.1, 0.15) is 30.1 Å². The first kappa shape index (κ1) is 14.2. The van der Waals surface area contributed by atoms with Crippen LogP contribution in [0.4, 0.5) is 0 Å². The molecule has 1 aliphatic rings. The van der Waals surface area contributed by atoms with E-state index in [0.717, 1.165) is 12.8 Å². The molecular weight excluding hydrogens is 266 g/mol. The van der Waals surface area contributed by atoms with Crippen LogP contribution in [-0.2, 0) is 10.0 Å². The quantitative estimate of drug-likeness (QED) is 0.761. The van der Waals surface area contributed by atoms with Crippen molar-refractivity contribution in [3.8, 4) is 0 Å². The summed E-state index contributed by atoms with van der Waals surface area (Å²) in [7, 11) is -3.64. The average molecular weight is 283 g/mol. The number of carbonyl (C=O) groups excluding carboxylic acids is 1. The second-order valence-corrected chi connectivity index (χ2v) is 6.58. The van der Waals surface area contributed by atoms with Gasteiger partial charge in [-0.25, -0.2) is 13.1 Å². The molecule has 19 heavy (non-hydrogen) atoms. The van der Waals surface area contributed by atoms with Gasteiger partial charge in [0.05, 0.1) is 11.5 Å². The normalized spacial score (nSPS) is 17.2. The summed E-state index contributed by atoms with van der Waals surface area (Å²) in [6.45, 7) is 1.31. The van der Waals surface area contributed by atoms with E-state index >= 15 is 0 Å². The van der Waals surface area contributed by atoms with Gasteiger partial charge < -0.3 is 5.11 Å². The Balaban J connectivity index is 2.15. The number of ketones is 1. The third kappa shape index (κ3) is 3.40. The lowest BCUT2D eigenvalue weighted by Gasteiger charge is -2.11. The highest BCUT2D eigenvalue weighted by molar-refractivity contribution is 7.89. The molecule has 104 valence electrons. The fraction of sp³-hybridized carbons (Fsp3) is 0.462. The predicted molar refractivity (Wildman–Crippen MR) is 70.4 cm³/mol. The van der Waals surface area contributed by atoms with Crippen LogP contribution in [0.3, 0.4) is 0 Å². The van der Waals surface area contributed by atoms with Gasteiger partial charge in [0.2, 0.25) is 10.0 Å². The minimum atomic E-state index is -3.64. The molecule has 6 heteroatoms. The Morgan fingerprint density at radius 2 is 1.95 bits per heavy atom. The van der Waals surface area contributed by atoms with E-state index in [-0.39, 0.29) is 23.2 Å². The smallest absolute Gasteiger partial charge is 0.240 e. The zero-order valence-electron chi connectivity index (χ0n) is 10.7. The lowest BCUT2D eigenvalue weighted by Crippen LogP contribution is -2.34. The summed E-state index contributed by atoms with van der Waals surface area (Å²) in [5, 5.41) is 8.86.